The minimum atomic E-state index is 0. The summed E-state index contributed by atoms with van der Waals surface area (Å²) in [5.74, 6) is 0. The summed E-state index contributed by atoms with van der Waals surface area (Å²) >= 11 is 4.81. The molecule has 0 spiro atoms. The van der Waals surface area contributed by atoms with Gasteiger partial charge >= 0.3 is 0 Å². The number of nitriles is 1. The van der Waals surface area contributed by atoms with Crippen molar-refractivity contribution in [3.8, 4) is 6.07 Å². The summed E-state index contributed by atoms with van der Waals surface area (Å²) in [6, 6.07) is 13.0. The average Bonchev–Trinajstić information content (AvgIpc) is 2.88. The maximum absolute atomic E-state index is 8.34. The van der Waals surface area contributed by atoms with Gasteiger partial charge in [0.15, 0.2) is 0 Å². The van der Waals surface area contributed by atoms with E-state index in [0.717, 1.165) is 4.90 Å². The Morgan fingerprint density at radius 1 is 0.750 bits per heavy atom. The first-order chi connectivity index (χ1) is 16.4. The van der Waals surface area contributed by atoms with E-state index in [0.29, 0.717) is 28.4 Å². The third-order valence-corrected chi connectivity index (χ3v) is 4.45. The van der Waals surface area contributed by atoms with Crippen molar-refractivity contribution in [2.24, 2.45) is 20.6 Å². The number of oxime groups is 4. The van der Waals surface area contributed by atoms with E-state index in [9.17, 15) is 0 Å². The molecular formula is C24H33CoN6O4S-. The van der Waals surface area contributed by atoms with Crippen molar-refractivity contribution in [1.82, 2.24) is 4.98 Å². The molecule has 12 heteroatoms. The van der Waals surface area contributed by atoms with Crippen LogP contribution in [-0.2, 0) is 34.8 Å². The number of benzene rings is 1. The summed E-state index contributed by atoms with van der Waals surface area (Å²) in [6.45, 7) is 12.7. The Kier molecular flexibility index (Phi) is 21.4. The molecule has 2 aromatic rings. The molecule has 0 saturated heterocycles. The predicted molar refractivity (Wildman–Crippen MR) is 139 cm³/mol. The van der Waals surface area contributed by atoms with E-state index in [1.54, 1.807) is 24.3 Å². The van der Waals surface area contributed by atoms with Gasteiger partial charge in [-0.05, 0) is 62.9 Å². The van der Waals surface area contributed by atoms with Crippen LogP contribution in [0, 0.1) is 11.3 Å². The van der Waals surface area contributed by atoms with E-state index in [-0.39, 0.29) is 22.2 Å². The van der Waals surface area contributed by atoms with Crippen LogP contribution in [-0.4, -0.2) is 48.7 Å². The molecule has 1 aromatic carbocycles. The monoisotopic (exact) mass is 560 g/mol. The Balaban J connectivity index is -0.000000402. The molecule has 0 bridgehead atoms. The standard InChI is InChI=1S/C9H13N.C7H5NS.2C4H8N2O2.Co/c1-9(2,3)8-4-6-10-7-5-8;8-5-6-1-3-7(9)4-2-6;2*1-3(5-7)4(2)6-8;/h4-7H,1-3H3;1-4,9H;2*7-8H,1-2H3;/p-1/b;;2*5-3+,6-4+;. The van der Waals surface area contributed by atoms with Gasteiger partial charge in [0, 0.05) is 29.2 Å². The number of rotatable bonds is 2. The first-order valence-corrected chi connectivity index (χ1v) is 10.6. The van der Waals surface area contributed by atoms with Gasteiger partial charge in [0.1, 0.15) is 22.8 Å². The average molecular weight is 561 g/mol. The van der Waals surface area contributed by atoms with Crippen LogP contribution in [0.4, 0.5) is 0 Å². The van der Waals surface area contributed by atoms with Crippen LogP contribution >= 0.6 is 0 Å². The molecule has 36 heavy (non-hydrogen) atoms. The van der Waals surface area contributed by atoms with E-state index >= 15 is 0 Å². The van der Waals surface area contributed by atoms with Crippen molar-refractivity contribution in [3.05, 3.63) is 59.9 Å². The van der Waals surface area contributed by atoms with E-state index in [4.69, 9.17) is 38.7 Å². The van der Waals surface area contributed by atoms with Crippen LogP contribution < -0.4 is 0 Å². The van der Waals surface area contributed by atoms with Gasteiger partial charge in [0.2, 0.25) is 0 Å². The molecular weight excluding hydrogens is 527 g/mol. The van der Waals surface area contributed by atoms with Crippen LogP contribution in [0.3, 0.4) is 0 Å². The largest absolute Gasteiger partial charge is 0.780 e. The molecule has 0 amide bonds. The Morgan fingerprint density at radius 2 is 1.08 bits per heavy atom. The molecule has 4 N–H and O–H groups in total. The third-order valence-electron chi connectivity index (χ3n) is 4.18. The zero-order valence-corrected chi connectivity index (χ0v) is 23.2. The maximum Gasteiger partial charge on any atom is 0.101 e. The number of hydrogen-bond acceptors (Lipinski definition) is 11. The van der Waals surface area contributed by atoms with Crippen molar-refractivity contribution >= 4 is 35.5 Å². The van der Waals surface area contributed by atoms with Crippen LogP contribution in [0.15, 0.2) is 74.3 Å². The van der Waals surface area contributed by atoms with Gasteiger partial charge in [-0.15, -0.1) is 0 Å². The number of hydrogen-bond donors (Lipinski definition) is 4. The second-order valence-corrected chi connectivity index (χ2v) is 8.34. The van der Waals surface area contributed by atoms with Gasteiger partial charge < -0.3 is 33.5 Å². The topological polar surface area (TPSA) is 167 Å². The fraction of sp³-hybridized carbons (Fsp3) is 0.333. The van der Waals surface area contributed by atoms with Gasteiger partial charge in [-0.3, -0.25) is 4.98 Å². The van der Waals surface area contributed by atoms with E-state index < -0.39 is 0 Å². The zero-order valence-electron chi connectivity index (χ0n) is 21.3. The first-order valence-electron chi connectivity index (χ1n) is 10.2. The van der Waals surface area contributed by atoms with Gasteiger partial charge in [-0.2, -0.15) is 10.2 Å². The van der Waals surface area contributed by atoms with Gasteiger partial charge in [0.25, 0.3) is 0 Å². The molecule has 199 valence electrons. The summed E-state index contributed by atoms with van der Waals surface area (Å²) in [7, 11) is 0. The molecule has 0 aliphatic carbocycles. The smallest absolute Gasteiger partial charge is 0.101 e. The summed E-state index contributed by atoms with van der Waals surface area (Å²) in [4.78, 5) is 4.73. The SMILES string of the molecule is CC(=N\O)/C(C)=N/O.CC(=N\O)/C(C)=N/O.CC(C)(C)c1ccncc1.N#Cc1ccc([S-])cc1.[Co]. The zero-order chi connectivity index (χ0) is 27.4. The Labute approximate surface area is 228 Å². The second kappa shape index (κ2) is 20.8. The molecule has 0 saturated carbocycles. The van der Waals surface area contributed by atoms with Crippen molar-refractivity contribution in [3.63, 3.8) is 0 Å². The number of aromatic nitrogens is 1. The van der Waals surface area contributed by atoms with E-state index in [2.05, 4.69) is 58.5 Å². The summed E-state index contributed by atoms with van der Waals surface area (Å²) in [5, 5.41) is 51.6. The summed E-state index contributed by atoms with van der Waals surface area (Å²) < 4.78 is 0. The molecule has 0 aliphatic rings. The normalized spacial score (nSPS) is 11.6. The molecule has 10 nitrogen and oxygen atoms in total. The minimum Gasteiger partial charge on any atom is -0.780 e. The fourth-order valence-electron chi connectivity index (χ4n) is 1.67. The Bertz CT molecular complexity index is 965. The van der Waals surface area contributed by atoms with Gasteiger partial charge in [-0.25, -0.2) is 0 Å². The molecule has 0 aliphatic heterocycles. The van der Waals surface area contributed by atoms with Gasteiger partial charge in [0.05, 0.1) is 11.6 Å². The molecule has 2 rings (SSSR count). The van der Waals surface area contributed by atoms with E-state index in [1.165, 1.54) is 33.3 Å². The molecule has 0 fully saturated rings. The minimum absolute atomic E-state index is 0. The fourth-order valence-corrected chi connectivity index (χ4v) is 1.81. The second-order valence-electron chi connectivity index (χ2n) is 7.86. The third kappa shape index (κ3) is 17.9. The molecule has 1 aromatic heterocycles. The van der Waals surface area contributed by atoms with Crippen molar-refractivity contribution < 1.29 is 37.6 Å². The molecule has 0 atom stereocenters. The molecule has 1 heterocycles. The maximum atomic E-state index is 8.34. The first kappa shape index (κ1) is 37.0. The van der Waals surface area contributed by atoms with Crippen molar-refractivity contribution in [2.75, 3.05) is 0 Å². The molecule has 1 radical (unpaired) electrons. The van der Waals surface area contributed by atoms with Crippen molar-refractivity contribution in [2.45, 2.75) is 58.8 Å². The van der Waals surface area contributed by atoms with Crippen LogP contribution in [0.5, 0.6) is 0 Å². The van der Waals surface area contributed by atoms with Crippen LogP contribution in [0.1, 0.15) is 59.6 Å². The van der Waals surface area contributed by atoms with E-state index in [1.807, 2.05) is 18.5 Å². The van der Waals surface area contributed by atoms with Crippen molar-refractivity contribution in [1.29, 1.82) is 5.26 Å². The Morgan fingerprint density at radius 3 is 1.31 bits per heavy atom. The summed E-state index contributed by atoms with van der Waals surface area (Å²) in [5.41, 5.74) is 3.49. The van der Waals surface area contributed by atoms with Crippen LogP contribution in [0.25, 0.3) is 0 Å². The Hall–Kier alpha value is -3.53. The number of pyridine rings is 1. The molecule has 0 unspecified atom stereocenters. The number of nitrogens with zero attached hydrogens (tertiary/aromatic N) is 6. The van der Waals surface area contributed by atoms with Crippen LogP contribution in [0.2, 0.25) is 0 Å². The summed E-state index contributed by atoms with van der Waals surface area (Å²) in [6.07, 6.45) is 3.67. The van der Waals surface area contributed by atoms with Gasteiger partial charge in [-0.1, -0.05) is 53.5 Å². The predicted octanol–water partition coefficient (Wildman–Crippen LogP) is 5.21. The quantitative estimate of drug-likeness (QED) is 0.169.